The van der Waals surface area contributed by atoms with E-state index in [0.29, 0.717) is 42.3 Å². The van der Waals surface area contributed by atoms with E-state index in [2.05, 4.69) is 34.5 Å². The molecule has 4 aliphatic rings. The first-order valence-corrected chi connectivity index (χ1v) is 17.4. The Morgan fingerprint density at radius 2 is 2.02 bits per heavy atom. The number of fused-ring (bicyclic) bond motifs is 3. The van der Waals surface area contributed by atoms with E-state index < -0.39 is 46.4 Å². The highest BCUT2D eigenvalue weighted by molar-refractivity contribution is 5.94. The molecule has 0 spiro atoms. The van der Waals surface area contributed by atoms with E-state index in [1.54, 1.807) is 18.8 Å². The molecule has 0 saturated carbocycles. The highest BCUT2D eigenvalue weighted by Gasteiger charge is 2.47. The summed E-state index contributed by atoms with van der Waals surface area (Å²) in [7, 11) is 3.17. The number of amides is 1. The maximum atomic E-state index is 15.7. The Labute approximate surface area is 304 Å². The largest absolute Gasteiger partial charge is 0.461 e. The summed E-state index contributed by atoms with van der Waals surface area (Å²) in [6, 6.07) is 3.06. The van der Waals surface area contributed by atoms with Gasteiger partial charge in [-0.2, -0.15) is 33.5 Å². The van der Waals surface area contributed by atoms with Crippen molar-refractivity contribution < 1.29 is 31.8 Å². The molecule has 6 heterocycles. The van der Waals surface area contributed by atoms with Crippen LogP contribution in [0.25, 0.3) is 0 Å². The van der Waals surface area contributed by atoms with Gasteiger partial charge in [0, 0.05) is 56.8 Å². The van der Waals surface area contributed by atoms with Crippen molar-refractivity contribution in [2.24, 2.45) is 0 Å². The number of aromatic nitrogens is 4. The fraction of sp³-hybridized carbons (Fsp3) is 0.486. The molecule has 2 fully saturated rings. The third-order valence-corrected chi connectivity index (χ3v) is 10.5. The number of aryl methyl sites for hydroxylation is 1. The smallest absolute Gasteiger partial charge is 0.418 e. The minimum Gasteiger partial charge on any atom is -0.461 e. The summed E-state index contributed by atoms with van der Waals surface area (Å²) in [6.07, 6.45) is -3.38. The monoisotopic (exact) mass is 733 g/mol. The molecule has 7 rings (SSSR count). The Hall–Kier alpha value is -5.19. The normalized spacial score (nSPS) is 21.2. The Bertz CT molecular complexity index is 2110. The van der Waals surface area contributed by atoms with Crippen LogP contribution in [0.3, 0.4) is 0 Å². The van der Waals surface area contributed by atoms with Crippen molar-refractivity contribution in [1.82, 2.24) is 29.5 Å². The van der Waals surface area contributed by atoms with Crippen molar-refractivity contribution in [2.45, 2.75) is 76.5 Å². The van der Waals surface area contributed by atoms with Gasteiger partial charge in [0.15, 0.2) is 11.5 Å². The van der Waals surface area contributed by atoms with Gasteiger partial charge in [0.25, 0.3) is 5.91 Å². The number of carbonyl (C=O) groups excluding carboxylic acids is 1. The van der Waals surface area contributed by atoms with Gasteiger partial charge in [0.05, 0.1) is 47.4 Å². The van der Waals surface area contributed by atoms with Gasteiger partial charge in [-0.15, -0.1) is 5.92 Å². The van der Waals surface area contributed by atoms with E-state index in [-0.39, 0.29) is 49.0 Å². The number of rotatable bonds is 6. The molecule has 0 unspecified atom stereocenters. The Kier molecular flexibility index (Phi) is 9.32. The fourth-order valence-corrected chi connectivity index (χ4v) is 8.10. The summed E-state index contributed by atoms with van der Waals surface area (Å²) < 4.78 is 73.7. The molecular weight excluding hydrogens is 694 g/mol. The number of nitriles is 1. The fourth-order valence-electron chi connectivity index (χ4n) is 8.10. The number of ether oxygens (including phenoxy) is 2. The summed E-state index contributed by atoms with van der Waals surface area (Å²) in [5.41, 5.74) is 5.37. The van der Waals surface area contributed by atoms with Crippen molar-refractivity contribution in [3.8, 4) is 23.9 Å². The molecule has 12 nitrogen and oxygen atoms in total. The number of hydrogen-bond donors (Lipinski definition) is 1. The lowest BCUT2D eigenvalue weighted by atomic mass is 9.90. The maximum absolute atomic E-state index is 15.7. The first-order chi connectivity index (χ1) is 25.2. The SMILES string of the molecule is C=C1CN2CCC[C@@]2(COc2nc3c(c(N4CCCn5nc(C(=O)N(C)C)c(C#N)c5C4)n2)CO[C@H](c2c(F)c(N)cc(C#CC)c2C(F)(F)F)C3)C1. The first kappa shape index (κ1) is 36.2. The first-order valence-electron chi connectivity index (χ1n) is 17.4. The van der Waals surface area contributed by atoms with E-state index in [1.165, 1.54) is 11.8 Å². The van der Waals surface area contributed by atoms with Crippen molar-refractivity contribution in [3.05, 3.63) is 68.9 Å². The van der Waals surface area contributed by atoms with Gasteiger partial charge < -0.3 is 25.0 Å². The van der Waals surface area contributed by atoms with Gasteiger partial charge in [-0.1, -0.05) is 18.1 Å². The highest BCUT2D eigenvalue weighted by Crippen LogP contribution is 2.45. The summed E-state index contributed by atoms with van der Waals surface area (Å²) in [5, 5.41) is 14.6. The topological polar surface area (TPSA) is 139 Å². The molecule has 16 heteroatoms. The summed E-state index contributed by atoms with van der Waals surface area (Å²) in [6.45, 7) is 8.31. The number of anilines is 2. The molecule has 2 saturated heterocycles. The zero-order chi connectivity index (χ0) is 37.8. The summed E-state index contributed by atoms with van der Waals surface area (Å²) in [5.74, 6) is 3.66. The predicted octanol–water partition coefficient (Wildman–Crippen LogP) is 4.76. The lowest BCUT2D eigenvalue weighted by Crippen LogP contribution is -2.43. The second-order valence-corrected chi connectivity index (χ2v) is 14.2. The number of alkyl halides is 3. The molecule has 2 aromatic heterocycles. The van der Waals surface area contributed by atoms with Crippen LogP contribution in [0.5, 0.6) is 6.01 Å². The van der Waals surface area contributed by atoms with Crippen LogP contribution in [0, 0.1) is 29.0 Å². The van der Waals surface area contributed by atoms with Crippen LogP contribution in [0.1, 0.15) is 88.4 Å². The molecule has 2 atom stereocenters. The number of halogens is 4. The highest BCUT2D eigenvalue weighted by atomic mass is 19.4. The minimum absolute atomic E-state index is 0.0153. The quantitative estimate of drug-likeness (QED) is 0.164. The molecule has 1 amide bonds. The van der Waals surface area contributed by atoms with Crippen LogP contribution in [0.15, 0.2) is 18.2 Å². The van der Waals surface area contributed by atoms with E-state index >= 15 is 4.39 Å². The van der Waals surface area contributed by atoms with E-state index in [9.17, 15) is 23.2 Å². The van der Waals surface area contributed by atoms with Crippen LogP contribution in [-0.4, -0.2) is 81.3 Å². The molecule has 53 heavy (non-hydrogen) atoms. The number of carbonyl (C=O) groups is 1. The molecule has 3 aromatic rings. The summed E-state index contributed by atoms with van der Waals surface area (Å²) >= 11 is 0. The maximum Gasteiger partial charge on any atom is 0.418 e. The molecule has 4 aliphatic heterocycles. The van der Waals surface area contributed by atoms with Crippen molar-refractivity contribution in [2.75, 3.05) is 51.0 Å². The standard InChI is InChI=1S/C37H39F4N9O3/c1-5-8-22-13-25(43)31(38)29(30(22)37(39,40)41)28-14-26-24(19-52-28)33(45-35(44-26)53-20-36-9-6-11-49(36)17-21(2)15-36)48-10-7-12-50-27(18-48)23(16-42)32(46-50)34(51)47(3)4/h13,28H,2,6-7,9-12,14-15,17-20,43H2,1,3-4H3/t28-,36-/m0/s1. The molecule has 0 radical (unpaired) electrons. The average Bonchev–Trinajstić information content (AvgIpc) is 3.70. The van der Waals surface area contributed by atoms with Crippen molar-refractivity contribution in [1.29, 1.82) is 5.26 Å². The van der Waals surface area contributed by atoms with Crippen LogP contribution in [0.2, 0.25) is 0 Å². The van der Waals surface area contributed by atoms with Gasteiger partial charge >= 0.3 is 12.2 Å². The number of nitrogen functional groups attached to an aromatic ring is 1. The number of nitrogens with two attached hydrogens (primary N) is 1. The molecule has 0 aliphatic carbocycles. The van der Waals surface area contributed by atoms with Crippen LogP contribution in [0.4, 0.5) is 29.1 Å². The molecule has 0 bridgehead atoms. The Morgan fingerprint density at radius 1 is 1.23 bits per heavy atom. The predicted molar refractivity (Wildman–Crippen MR) is 185 cm³/mol. The third-order valence-electron chi connectivity index (χ3n) is 10.5. The second kappa shape index (κ2) is 13.7. The van der Waals surface area contributed by atoms with E-state index in [4.69, 9.17) is 25.2 Å². The molecule has 1 aromatic carbocycles. The number of benzene rings is 1. The zero-order valence-corrected chi connectivity index (χ0v) is 29.7. The molecule has 278 valence electrons. The van der Waals surface area contributed by atoms with Gasteiger partial charge in [-0.25, -0.2) is 4.39 Å². The van der Waals surface area contributed by atoms with E-state index in [1.807, 2.05) is 4.90 Å². The lowest BCUT2D eigenvalue weighted by Gasteiger charge is -2.33. The Balaban J connectivity index is 1.31. The number of nitrogens with zero attached hydrogens (tertiary/aromatic N) is 8. The second-order valence-electron chi connectivity index (χ2n) is 14.2. The average molecular weight is 734 g/mol. The van der Waals surface area contributed by atoms with Crippen molar-refractivity contribution >= 4 is 17.4 Å². The van der Waals surface area contributed by atoms with Crippen LogP contribution < -0.4 is 15.4 Å². The number of hydrogen-bond acceptors (Lipinski definition) is 10. The zero-order valence-electron chi connectivity index (χ0n) is 29.7. The van der Waals surface area contributed by atoms with E-state index in [0.717, 1.165) is 44.0 Å². The third kappa shape index (κ3) is 6.44. The molecular formula is C37H39F4N9O3. The summed E-state index contributed by atoms with van der Waals surface area (Å²) in [4.78, 5) is 28.1. The van der Waals surface area contributed by atoms with Gasteiger partial charge in [0.1, 0.15) is 24.1 Å². The van der Waals surface area contributed by atoms with Gasteiger partial charge in [-0.3, -0.25) is 14.4 Å². The van der Waals surface area contributed by atoms with Crippen LogP contribution >= 0.6 is 0 Å². The van der Waals surface area contributed by atoms with Crippen LogP contribution in [-0.2, 0) is 37.0 Å². The molecule has 2 N–H and O–H groups in total. The van der Waals surface area contributed by atoms with Crippen molar-refractivity contribution in [3.63, 3.8) is 0 Å². The minimum atomic E-state index is -4.96. The van der Waals surface area contributed by atoms with Gasteiger partial charge in [-0.05, 0) is 45.2 Å². The lowest BCUT2D eigenvalue weighted by molar-refractivity contribution is -0.140. The Morgan fingerprint density at radius 3 is 2.74 bits per heavy atom. The van der Waals surface area contributed by atoms with Gasteiger partial charge in [0.2, 0.25) is 0 Å².